The van der Waals surface area contributed by atoms with Gasteiger partial charge in [-0.15, -0.1) is 11.3 Å². The Balaban J connectivity index is 2.02. The number of imidazole rings is 1. The standard InChI is InChI=1S/C14H14BrN3OS/c1-8-5-10(6-9(2)12(8)15)19-13-11(7-16)18-3-4-20-14(18)17-13/h3-6H,7,16H2,1-2H3. The monoisotopic (exact) mass is 351 g/mol. The van der Waals surface area contributed by atoms with Crippen molar-refractivity contribution in [3.8, 4) is 11.6 Å². The van der Waals surface area contributed by atoms with Crippen LogP contribution in [0.2, 0.25) is 0 Å². The van der Waals surface area contributed by atoms with Crippen LogP contribution in [0.25, 0.3) is 4.96 Å². The van der Waals surface area contributed by atoms with Crippen molar-refractivity contribution in [2.45, 2.75) is 20.4 Å². The van der Waals surface area contributed by atoms with E-state index >= 15 is 0 Å². The summed E-state index contributed by atoms with van der Waals surface area (Å²) in [5.74, 6) is 1.36. The molecular weight excluding hydrogens is 338 g/mol. The molecule has 104 valence electrons. The second kappa shape index (κ2) is 5.20. The van der Waals surface area contributed by atoms with Crippen LogP contribution in [0.4, 0.5) is 0 Å². The number of aromatic nitrogens is 2. The third-order valence-electron chi connectivity index (χ3n) is 3.14. The molecule has 1 aromatic carbocycles. The van der Waals surface area contributed by atoms with Gasteiger partial charge in [0.25, 0.3) is 0 Å². The summed E-state index contributed by atoms with van der Waals surface area (Å²) < 4.78 is 9.01. The normalized spacial score (nSPS) is 11.2. The molecule has 6 heteroatoms. The van der Waals surface area contributed by atoms with E-state index in [4.69, 9.17) is 10.5 Å². The van der Waals surface area contributed by atoms with E-state index in [2.05, 4.69) is 20.9 Å². The number of hydrogen-bond acceptors (Lipinski definition) is 4. The first kappa shape index (κ1) is 13.6. The molecule has 0 aliphatic heterocycles. The number of hydrogen-bond donors (Lipinski definition) is 1. The van der Waals surface area contributed by atoms with E-state index in [0.29, 0.717) is 12.4 Å². The molecule has 20 heavy (non-hydrogen) atoms. The molecule has 0 spiro atoms. The van der Waals surface area contributed by atoms with Crippen molar-refractivity contribution in [2.24, 2.45) is 5.73 Å². The fourth-order valence-electron chi connectivity index (χ4n) is 2.16. The number of ether oxygens (including phenoxy) is 1. The minimum Gasteiger partial charge on any atom is -0.437 e. The van der Waals surface area contributed by atoms with E-state index < -0.39 is 0 Å². The van der Waals surface area contributed by atoms with Crippen molar-refractivity contribution in [3.05, 3.63) is 45.0 Å². The Morgan fingerprint density at radius 1 is 1.35 bits per heavy atom. The van der Waals surface area contributed by atoms with E-state index in [1.165, 1.54) is 0 Å². The van der Waals surface area contributed by atoms with Gasteiger partial charge < -0.3 is 10.5 Å². The van der Waals surface area contributed by atoms with Gasteiger partial charge in [-0.3, -0.25) is 4.40 Å². The van der Waals surface area contributed by atoms with Crippen molar-refractivity contribution in [3.63, 3.8) is 0 Å². The highest BCUT2D eigenvalue weighted by molar-refractivity contribution is 9.10. The van der Waals surface area contributed by atoms with Crippen molar-refractivity contribution in [2.75, 3.05) is 0 Å². The first-order valence-corrected chi connectivity index (χ1v) is 7.86. The van der Waals surface area contributed by atoms with Crippen LogP contribution in [0.15, 0.2) is 28.2 Å². The highest BCUT2D eigenvalue weighted by atomic mass is 79.9. The molecule has 2 aromatic heterocycles. The quantitative estimate of drug-likeness (QED) is 0.774. The van der Waals surface area contributed by atoms with Crippen molar-refractivity contribution >= 4 is 32.2 Å². The SMILES string of the molecule is Cc1cc(Oc2nc3sccn3c2CN)cc(C)c1Br. The maximum Gasteiger partial charge on any atom is 0.243 e. The summed E-state index contributed by atoms with van der Waals surface area (Å²) in [5, 5.41) is 1.99. The molecule has 2 N–H and O–H groups in total. The Morgan fingerprint density at radius 2 is 2.05 bits per heavy atom. The van der Waals surface area contributed by atoms with E-state index in [1.54, 1.807) is 11.3 Å². The lowest BCUT2D eigenvalue weighted by atomic mass is 10.1. The van der Waals surface area contributed by atoms with Gasteiger partial charge in [-0.2, -0.15) is 4.98 Å². The third kappa shape index (κ3) is 2.24. The first-order chi connectivity index (χ1) is 9.60. The Morgan fingerprint density at radius 3 is 2.70 bits per heavy atom. The Bertz CT molecular complexity index is 755. The smallest absolute Gasteiger partial charge is 0.243 e. The van der Waals surface area contributed by atoms with Gasteiger partial charge in [-0.25, -0.2) is 0 Å². The van der Waals surface area contributed by atoms with E-state index in [9.17, 15) is 0 Å². The Kier molecular flexibility index (Phi) is 3.54. The van der Waals surface area contributed by atoms with E-state index in [1.807, 2.05) is 42.0 Å². The second-order valence-corrected chi connectivity index (χ2v) is 6.26. The number of rotatable bonds is 3. The molecule has 3 rings (SSSR count). The molecule has 0 fully saturated rings. The van der Waals surface area contributed by atoms with E-state index in [-0.39, 0.29) is 0 Å². The van der Waals surface area contributed by atoms with Gasteiger partial charge in [0, 0.05) is 22.6 Å². The number of halogens is 1. The lowest BCUT2D eigenvalue weighted by Crippen LogP contribution is -2.02. The third-order valence-corrected chi connectivity index (χ3v) is 5.15. The molecule has 4 nitrogen and oxygen atoms in total. The molecule has 2 heterocycles. The molecule has 0 aliphatic rings. The summed E-state index contributed by atoms with van der Waals surface area (Å²) in [6.45, 7) is 4.47. The number of fused-ring (bicyclic) bond motifs is 1. The largest absolute Gasteiger partial charge is 0.437 e. The summed E-state index contributed by atoms with van der Waals surface area (Å²) in [7, 11) is 0. The zero-order valence-electron chi connectivity index (χ0n) is 11.2. The number of nitrogens with zero attached hydrogens (tertiary/aromatic N) is 2. The number of nitrogens with two attached hydrogens (primary N) is 1. The highest BCUT2D eigenvalue weighted by Crippen LogP contribution is 2.31. The molecule has 0 radical (unpaired) electrons. The maximum atomic E-state index is 5.93. The number of aryl methyl sites for hydroxylation is 2. The molecule has 0 amide bonds. The minimum absolute atomic E-state index is 0.391. The second-order valence-electron chi connectivity index (χ2n) is 4.60. The van der Waals surface area contributed by atoms with Crippen LogP contribution in [0.1, 0.15) is 16.8 Å². The summed E-state index contributed by atoms with van der Waals surface area (Å²) in [4.78, 5) is 5.38. The zero-order valence-corrected chi connectivity index (χ0v) is 13.6. The van der Waals surface area contributed by atoms with Gasteiger partial charge in [-0.1, -0.05) is 15.9 Å². The van der Waals surface area contributed by atoms with E-state index in [0.717, 1.165) is 32.0 Å². The average Bonchev–Trinajstić information content (AvgIpc) is 2.96. The fourth-order valence-corrected chi connectivity index (χ4v) is 3.11. The Labute approximate surface area is 129 Å². The predicted molar refractivity (Wildman–Crippen MR) is 84.7 cm³/mol. The van der Waals surface area contributed by atoms with Crippen LogP contribution >= 0.6 is 27.3 Å². The zero-order chi connectivity index (χ0) is 14.3. The lowest BCUT2D eigenvalue weighted by Gasteiger charge is -2.09. The molecule has 0 saturated carbocycles. The van der Waals surface area contributed by atoms with Crippen LogP contribution in [0.5, 0.6) is 11.6 Å². The summed E-state index contributed by atoms with van der Waals surface area (Å²) in [5.41, 5.74) is 8.97. The average molecular weight is 352 g/mol. The van der Waals surface area contributed by atoms with Gasteiger partial charge in [-0.05, 0) is 37.1 Å². The summed E-state index contributed by atoms with van der Waals surface area (Å²) in [6.07, 6.45) is 1.96. The molecular formula is C14H14BrN3OS. The van der Waals surface area contributed by atoms with Crippen LogP contribution in [-0.2, 0) is 6.54 Å². The molecule has 0 atom stereocenters. The van der Waals surface area contributed by atoms with Crippen LogP contribution in [0, 0.1) is 13.8 Å². The van der Waals surface area contributed by atoms with Crippen LogP contribution < -0.4 is 10.5 Å². The topological polar surface area (TPSA) is 52.5 Å². The molecule has 0 bridgehead atoms. The van der Waals surface area contributed by atoms with Crippen LogP contribution in [0.3, 0.4) is 0 Å². The van der Waals surface area contributed by atoms with Crippen LogP contribution in [-0.4, -0.2) is 9.38 Å². The fraction of sp³-hybridized carbons (Fsp3) is 0.214. The summed E-state index contributed by atoms with van der Waals surface area (Å²) in [6, 6.07) is 3.98. The molecule has 3 aromatic rings. The minimum atomic E-state index is 0.391. The highest BCUT2D eigenvalue weighted by Gasteiger charge is 2.14. The summed E-state index contributed by atoms with van der Waals surface area (Å²) >= 11 is 5.12. The van der Waals surface area contributed by atoms with Crippen molar-refractivity contribution in [1.82, 2.24) is 9.38 Å². The number of benzene rings is 1. The molecule has 0 saturated heterocycles. The van der Waals surface area contributed by atoms with Crippen molar-refractivity contribution in [1.29, 1.82) is 0 Å². The van der Waals surface area contributed by atoms with Crippen molar-refractivity contribution < 1.29 is 4.74 Å². The Hall–Kier alpha value is -1.37. The van der Waals surface area contributed by atoms with Gasteiger partial charge in [0.2, 0.25) is 5.88 Å². The van der Waals surface area contributed by atoms with Gasteiger partial charge in [0.1, 0.15) is 11.4 Å². The predicted octanol–water partition coefficient (Wildman–Crippen LogP) is 4.03. The number of thiazole rings is 1. The molecule has 0 unspecified atom stereocenters. The maximum absolute atomic E-state index is 5.93. The molecule has 0 aliphatic carbocycles. The first-order valence-electron chi connectivity index (χ1n) is 6.19. The lowest BCUT2D eigenvalue weighted by molar-refractivity contribution is 0.458. The van der Waals surface area contributed by atoms with Gasteiger partial charge in [0.05, 0.1) is 0 Å². The van der Waals surface area contributed by atoms with Gasteiger partial charge in [0.15, 0.2) is 4.96 Å². The van der Waals surface area contributed by atoms with Gasteiger partial charge >= 0.3 is 0 Å².